The smallest absolute Gasteiger partial charge is 0.0723 e. The molecule has 84 valence electrons. The minimum absolute atomic E-state index is 1.08. The van der Waals surface area contributed by atoms with Gasteiger partial charge in [-0.2, -0.15) is 0 Å². The Kier molecular flexibility index (Phi) is 1.89. The van der Waals surface area contributed by atoms with Gasteiger partial charge in [0.2, 0.25) is 0 Å². The lowest BCUT2D eigenvalue weighted by molar-refractivity contribution is 1.49. The van der Waals surface area contributed by atoms with Crippen LogP contribution in [0, 0.1) is 0 Å². The summed E-state index contributed by atoms with van der Waals surface area (Å²) < 4.78 is 0. The Morgan fingerprint density at radius 2 is 1.39 bits per heavy atom. The van der Waals surface area contributed by atoms with Crippen LogP contribution in [0.2, 0.25) is 0 Å². The molecule has 0 atom stereocenters. The molecular formula is C17H11N. The van der Waals surface area contributed by atoms with E-state index in [1.54, 1.807) is 0 Å². The zero-order valence-electron chi connectivity index (χ0n) is 9.80. The zero-order chi connectivity index (χ0) is 11.9. The molecule has 0 spiro atoms. The van der Waals surface area contributed by atoms with Crippen molar-refractivity contribution in [2.75, 3.05) is 0 Å². The van der Waals surface area contributed by atoms with Gasteiger partial charge in [0.05, 0.1) is 5.71 Å². The first kappa shape index (κ1) is 9.60. The molecule has 0 N–H and O–H groups in total. The Labute approximate surface area is 105 Å². The summed E-state index contributed by atoms with van der Waals surface area (Å²) in [5.74, 6) is 0. The molecule has 3 aromatic rings. The summed E-state index contributed by atoms with van der Waals surface area (Å²) in [4.78, 5) is 4.33. The van der Waals surface area contributed by atoms with E-state index in [-0.39, 0.29) is 0 Å². The number of fused-ring (bicyclic) bond motifs is 3. The lowest BCUT2D eigenvalue weighted by Gasteiger charge is -2.12. The molecule has 0 saturated heterocycles. The summed E-state index contributed by atoms with van der Waals surface area (Å²) in [5.41, 5.74) is 2.31. The molecule has 0 unspecified atom stereocenters. The van der Waals surface area contributed by atoms with E-state index in [0.29, 0.717) is 0 Å². The summed E-state index contributed by atoms with van der Waals surface area (Å²) in [5, 5.41) is 5.16. The molecule has 1 nitrogen and oxygen atoms in total. The third-order valence-corrected chi connectivity index (χ3v) is 3.49. The van der Waals surface area contributed by atoms with Gasteiger partial charge in [0.15, 0.2) is 0 Å². The van der Waals surface area contributed by atoms with Crippen molar-refractivity contribution in [2.45, 2.75) is 0 Å². The average molecular weight is 229 g/mol. The quantitative estimate of drug-likeness (QED) is 0.551. The Balaban J connectivity index is 2.21. The van der Waals surface area contributed by atoms with Crippen LogP contribution in [0.25, 0.3) is 21.5 Å². The van der Waals surface area contributed by atoms with E-state index in [9.17, 15) is 0 Å². The van der Waals surface area contributed by atoms with E-state index in [0.717, 1.165) is 5.71 Å². The Morgan fingerprint density at radius 3 is 2.11 bits per heavy atom. The first-order valence-corrected chi connectivity index (χ1v) is 6.09. The van der Waals surface area contributed by atoms with Gasteiger partial charge in [0.25, 0.3) is 0 Å². The fourth-order valence-corrected chi connectivity index (χ4v) is 2.57. The standard InChI is InChI=1S/C17H11N/c1-2-6-13-12(5-1)11-16(17-9-10-18-17)15-8-4-3-7-14(13)15/h1-11H. The van der Waals surface area contributed by atoms with Crippen LogP contribution in [0.1, 0.15) is 5.56 Å². The van der Waals surface area contributed by atoms with Gasteiger partial charge in [-0.1, -0.05) is 48.5 Å². The average Bonchev–Trinajstić information content (AvgIpc) is 2.37. The molecular weight excluding hydrogens is 218 g/mol. The summed E-state index contributed by atoms with van der Waals surface area (Å²) >= 11 is 0. The van der Waals surface area contributed by atoms with Crippen molar-refractivity contribution in [3.8, 4) is 0 Å². The molecule has 1 heteroatoms. The monoisotopic (exact) mass is 229 g/mol. The van der Waals surface area contributed by atoms with Crippen LogP contribution >= 0.6 is 0 Å². The highest BCUT2D eigenvalue weighted by Gasteiger charge is 2.11. The third-order valence-electron chi connectivity index (χ3n) is 3.49. The summed E-state index contributed by atoms with van der Waals surface area (Å²) in [6, 6.07) is 19.3. The predicted octanol–water partition coefficient (Wildman–Crippen LogP) is 4.31. The van der Waals surface area contributed by atoms with Crippen molar-refractivity contribution in [3.63, 3.8) is 0 Å². The minimum Gasteiger partial charge on any atom is -0.256 e. The maximum Gasteiger partial charge on any atom is 0.0723 e. The lowest BCUT2D eigenvalue weighted by atomic mass is 9.94. The summed E-state index contributed by atoms with van der Waals surface area (Å²) in [6.07, 6.45) is 3.91. The number of hydrogen-bond donors (Lipinski definition) is 0. The normalized spacial score (nSPS) is 13.7. The zero-order valence-corrected chi connectivity index (χ0v) is 9.80. The fraction of sp³-hybridized carbons (Fsp3) is 0. The highest BCUT2D eigenvalue weighted by atomic mass is 14.7. The van der Waals surface area contributed by atoms with E-state index < -0.39 is 0 Å². The molecule has 0 saturated carbocycles. The number of allylic oxidation sites excluding steroid dienone is 1. The number of rotatable bonds is 1. The number of nitrogens with zero attached hydrogens (tertiary/aromatic N) is 1. The van der Waals surface area contributed by atoms with E-state index in [1.165, 1.54) is 27.1 Å². The molecule has 0 aromatic heterocycles. The highest BCUT2D eigenvalue weighted by molar-refractivity contribution is 6.23. The molecule has 4 rings (SSSR count). The lowest BCUT2D eigenvalue weighted by Crippen LogP contribution is -2.02. The fourth-order valence-electron chi connectivity index (χ4n) is 2.57. The maximum atomic E-state index is 4.33. The van der Waals surface area contributed by atoms with Crippen LogP contribution in [-0.4, -0.2) is 5.71 Å². The molecule has 0 bridgehead atoms. The second kappa shape index (κ2) is 3.54. The maximum absolute atomic E-state index is 4.33. The molecule has 1 aliphatic rings. The number of hydrogen-bond acceptors (Lipinski definition) is 1. The van der Waals surface area contributed by atoms with Crippen molar-refractivity contribution in [1.82, 2.24) is 0 Å². The van der Waals surface area contributed by atoms with E-state index in [4.69, 9.17) is 0 Å². The van der Waals surface area contributed by atoms with E-state index in [1.807, 2.05) is 6.20 Å². The van der Waals surface area contributed by atoms with Crippen molar-refractivity contribution in [3.05, 3.63) is 72.4 Å². The van der Waals surface area contributed by atoms with Gasteiger partial charge in [-0.15, -0.1) is 0 Å². The van der Waals surface area contributed by atoms with Crippen molar-refractivity contribution in [1.29, 1.82) is 0 Å². The molecule has 0 fully saturated rings. The van der Waals surface area contributed by atoms with Gasteiger partial charge in [-0.25, -0.2) is 0 Å². The van der Waals surface area contributed by atoms with Gasteiger partial charge in [0, 0.05) is 11.8 Å². The number of aliphatic imine (C=N–C) groups is 1. The Bertz CT molecular complexity index is 825. The first-order chi connectivity index (χ1) is 8.93. The van der Waals surface area contributed by atoms with Crippen LogP contribution in [0.15, 0.2) is 71.9 Å². The largest absolute Gasteiger partial charge is 0.256 e. The van der Waals surface area contributed by atoms with E-state index >= 15 is 0 Å². The van der Waals surface area contributed by atoms with Gasteiger partial charge in [0.1, 0.15) is 0 Å². The Hall–Kier alpha value is -2.41. The first-order valence-electron chi connectivity index (χ1n) is 6.09. The van der Waals surface area contributed by atoms with Crippen LogP contribution in [0.5, 0.6) is 0 Å². The molecule has 0 aliphatic carbocycles. The van der Waals surface area contributed by atoms with Crippen LogP contribution in [-0.2, 0) is 0 Å². The molecule has 18 heavy (non-hydrogen) atoms. The topological polar surface area (TPSA) is 12.4 Å². The molecule has 3 aromatic carbocycles. The predicted molar refractivity (Wildman–Crippen MR) is 77.1 cm³/mol. The van der Waals surface area contributed by atoms with Gasteiger partial charge < -0.3 is 0 Å². The summed E-state index contributed by atoms with van der Waals surface area (Å²) in [6.45, 7) is 0. The minimum atomic E-state index is 1.08. The van der Waals surface area contributed by atoms with E-state index in [2.05, 4.69) is 65.7 Å². The molecule has 1 aliphatic heterocycles. The van der Waals surface area contributed by atoms with Crippen molar-refractivity contribution in [2.24, 2.45) is 4.99 Å². The van der Waals surface area contributed by atoms with Gasteiger partial charge in [-0.05, 0) is 33.7 Å². The second-order valence-electron chi connectivity index (χ2n) is 4.52. The molecule has 1 heterocycles. The van der Waals surface area contributed by atoms with Gasteiger partial charge >= 0.3 is 0 Å². The number of benzene rings is 3. The summed E-state index contributed by atoms with van der Waals surface area (Å²) in [7, 11) is 0. The van der Waals surface area contributed by atoms with Gasteiger partial charge in [-0.3, -0.25) is 4.99 Å². The highest BCUT2D eigenvalue weighted by Crippen LogP contribution is 2.30. The third kappa shape index (κ3) is 1.25. The van der Waals surface area contributed by atoms with Crippen molar-refractivity contribution >= 4 is 27.3 Å². The molecule has 0 radical (unpaired) electrons. The van der Waals surface area contributed by atoms with Crippen LogP contribution < -0.4 is 0 Å². The Morgan fingerprint density at radius 1 is 0.722 bits per heavy atom. The second-order valence-corrected chi connectivity index (χ2v) is 4.52. The van der Waals surface area contributed by atoms with Crippen LogP contribution in [0.4, 0.5) is 0 Å². The van der Waals surface area contributed by atoms with Crippen LogP contribution in [0.3, 0.4) is 0 Å². The van der Waals surface area contributed by atoms with Crippen molar-refractivity contribution < 1.29 is 0 Å². The SMILES string of the molecule is C1=CC(c2cc3ccccc3c3ccccc23)=N1. The molecule has 0 amide bonds.